The van der Waals surface area contributed by atoms with Gasteiger partial charge in [-0.25, -0.2) is 4.79 Å². The predicted octanol–water partition coefficient (Wildman–Crippen LogP) is 2.22. The van der Waals surface area contributed by atoms with Crippen LogP contribution in [0.2, 0.25) is 0 Å². The SMILES string of the molecule is Cc1cc(C(=O)O)c([N+](=O)[O-])c(C)c1C. The zero-order chi connectivity index (χ0) is 11.7. The Morgan fingerprint density at radius 3 is 2.27 bits per heavy atom. The largest absolute Gasteiger partial charge is 0.477 e. The fourth-order valence-corrected chi connectivity index (χ4v) is 1.47. The van der Waals surface area contributed by atoms with Gasteiger partial charge in [-0.3, -0.25) is 10.1 Å². The molecule has 0 fully saturated rings. The van der Waals surface area contributed by atoms with Crippen molar-refractivity contribution >= 4 is 11.7 Å². The summed E-state index contributed by atoms with van der Waals surface area (Å²) in [6, 6.07) is 1.34. The second-order valence-electron chi connectivity index (χ2n) is 3.40. The molecule has 0 aliphatic heterocycles. The van der Waals surface area contributed by atoms with Gasteiger partial charge in [0.05, 0.1) is 4.92 Å². The summed E-state index contributed by atoms with van der Waals surface area (Å²) in [5, 5.41) is 19.6. The van der Waals surface area contributed by atoms with Crippen molar-refractivity contribution in [2.75, 3.05) is 0 Å². The van der Waals surface area contributed by atoms with E-state index in [-0.39, 0.29) is 11.3 Å². The van der Waals surface area contributed by atoms with Crippen LogP contribution in [0.3, 0.4) is 0 Å². The molecule has 0 aliphatic rings. The monoisotopic (exact) mass is 209 g/mol. The Morgan fingerprint density at radius 1 is 1.33 bits per heavy atom. The maximum Gasteiger partial charge on any atom is 0.342 e. The highest BCUT2D eigenvalue weighted by Gasteiger charge is 2.24. The summed E-state index contributed by atoms with van der Waals surface area (Å²) in [5.41, 5.74) is 1.35. The quantitative estimate of drug-likeness (QED) is 0.598. The number of benzene rings is 1. The molecule has 0 unspecified atom stereocenters. The summed E-state index contributed by atoms with van der Waals surface area (Å²) in [6.07, 6.45) is 0. The lowest BCUT2D eigenvalue weighted by molar-refractivity contribution is -0.385. The normalized spacial score (nSPS) is 10.1. The Labute approximate surface area is 86.5 Å². The first kappa shape index (κ1) is 11.2. The van der Waals surface area contributed by atoms with E-state index in [9.17, 15) is 14.9 Å². The number of nitrogens with zero attached hydrogens (tertiary/aromatic N) is 1. The van der Waals surface area contributed by atoms with Crippen molar-refractivity contribution in [2.45, 2.75) is 20.8 Å². The molecule has 0 radical (unpaired) electrons. The van der Waals surface area contributed by atoms with Crippen LogP contribution in [-0.2, 0) is 0 Å². The minimum absolute atomic E-state index is 0.249. The molecule has 1 aromatic rings. The number of nitro benzene ring substituents is 1. The Bertz CT molecular complexity index is 451. The summed E-state index contributed by atoms with van der Waals surface area (Å²) in [4.78, 5) is 20.9. The highest BCUT2D eigenvalue weighted by atomic mass is 16.6. The molecule has 0 spiro atoms. The number of carbonyl (C=O) groups is 1. The van der Waals surface area contributed by atoms with Crippen LogP contribution in [0.25, 0.3) is 0 Å². The molecule has 1 aromatic carbocycles. The van der Waals surface area contributed by atoms with Crippen LogP contribution >= 0.6 is 0 Å². The summed E-state index contributed by atoms with van der Waals surface area (Å²) >= 11 is 0. The number of carboxylic acid groups (broad SMARTS) is 1. The molecule has 0 atom stereocenters. The molecular formula is C10H11NO4. The third-order valence-electron chi connectivity index (χ3n) is 2.54. The van der Waals surface area contributed by atoms with E-state index in [0.29, 0.717) is 5.56 Å². The van der Waals surface area contributed by atoms with Gasteiger partial charge < -0.3 is 5.11 Å². The molecule has 0 aliphatic carbocycles. The molecule has 1 N–H and O–H groups in total. The van der Waals surface area contributed by atoms with Crippen molar-refractivity contribution in [3.05, 3.63) is 38.4 Å². The van der Waals surface area contributed by atoms with Gasteiger partial charge in [0.15, 0.2) is 0 Å². The molecule has 0 bridgehead atoms. The van der Waals surface area contributed by atoms with Gasteiger partial charge in [-0.05, 0) is 38.0 Å². The van der Waals surface area contributed by atoms with E-state index in [1.54, 1.807) is 20.8 Å². The van der Waals surface area contributed by atoms with Gasteiger partial charge in [-0.15, -0.1) is 0 Å². The molecule has 1 rings (SSSR count). The Kier molecular flexibility index (Phi) is 2.74. The molecule has 0 heterocycles. The zero-order valence-electron chi connectivity index (χ0n) is 8.70. The first-order valence-electron chi connectivity index (χ1n) is 4.34. The fourth-order valence-electron chi connectivity index (χ4n) is 1.47. The number of hydrogen-bond acceptors (Lipinski definition) is 3. The molecule has 0 amide bonds. The van der Waals surface area contributed by atoms with Crippen LogP contribution < -0.4 is 0 Å². The van der Waals surface area contributed by atoms with Gasteiger partial charge in [0.1, 0.15) is 5.56 Å². The van der Waals surface area contributed by atoms with E-state index in [4.69, 9.17) is 5.11 Å². The Morgan fingerprint density at radius 2 is 1.87 bits per heavy atom. The molecule has 0 aromatic heterocycles. The minimum Gasteiger partial charge on any atom is -0.477 e. The first-order chi connectivity index (χ1) is 6.86. The smallest absolute Gasteiger partial charge is 0.342 e. The fraction of sp³-hybridized carbons (Fsp3) is 0.300. The van der Waals surface area contributed by atoms with Crippen LogP contribution in [0.15, 0.2) is 6.07 Å². The average Bonchev–Trinajstić information content (AvgIpc) is 2.12. The van der Waals surface area contributed by atoms with Crippen LogP contribution in [0.4, 0.5) is 5.69 Å². The second-order valence-corrected chi connectivity index (χ2v) is 3.40. The van der Waals surface area contributed by atoms with E-state index in [1.165, 1.54) is 6.07 Å². The lowest BCUT2D eigenvalue weighted by Gasteiger charge is -2.07. The summed E-state index contributed by atoms with van der Waals surface area (Å²) in [6.45, 7) is 5.04. The number of nitro groups is 1. The molecule has 0 saturated heterocycles. The van der Waals surface area contributed by atoms with Gasteiger partial charge in [-0.2, -0.15) is 0 Å². The van der Waals surface area contributed by atoms with Gasteiger partial charge in [0.25, 0.3) is 5.69 Å². The van der Waals surface area contributed by atoms with Gasteiger partial charge in [0, 0.05) is 5.56 Å². The third-order valence-corrected chi connectivity index (χ3v) is 2.54. The topological polar surface area (TPSA) is 80.4 Å². The predicted molar refractivity (Wildman–Crippen MR) is 54.3 cm³/mol. The molecule has 5 heteroatoms. The molecule has 5 nitrogen and oxygen atoms in total. The number of hydrogen-bond donors (Lipinski definition) is 1. The highest BCUT2D eigenvalue weighted by molar-refractivity contribution is 5.93. The van der Waals surface area contributed by atoms with Crippen LogP contribution in [0.5, 0.6) is 0 Å². The van der Waals surface area contributed by atoms with Crippen LogP contribution in [0.1, 0.15) is 27.0 Å². The van der Waals surface area contributed by atoms with Crippen molar-refractivity contribution in [3.8, 4) is 0 Å². The molecule has 15 heavy (non-hydrogen) atoms. The van der Waals surface area contributed by atoms with E-state index >= 15 is 0 Å². The second kappa shape index (κ2) is 3.68. The van der Waals surface area contributed by atoms with Crippen molar-refractivity contribution in [2.24, 2.45) is 0 Å². The molecule has 0 saturated carbocycles. The maximum absolute atomic E-state index is 10.8. The lowest BCUT2D eigenvalue weighted by Crippen LogP contribution is -2.06. The number of carboxylic acids is 1. The summed E-state index contributed by atoms with van der Waals surface area (Å²) in [7, 11) is 0. The zero-order valence-corrected chi connectivity index (χ0v) is 8.70. The van der Waals surface area contributed by atoms with Crippen molar-refractivity contribution in [3.63, 3.8) is 0 Å². The number of rotatable bonds is 2. The van der Waals surface area contributed by atoms with Crippen LogP contribution in [0, 0.1) is 30.9 Å². The van der Waals surface area contributed by atoms with Crippen molar-refractivity contribution in [1.29, 1.82) is 0 Å². The van der Waals surface area contributed by atoms with E-state index in [1.807, 2.05) is 0 Å². The summed E-state index contributed by atoms with van der Waals surface area (Å²) in [5.74, 6) is -1.27. The first-order valence-corrected chi connectivity index (χ1v) is 4.34. The van der Waals surface area contributed by atoms with E-state index < -0.39 is 10.9 Å². The Hall–Kier alpha value is -1.91. The Balaban J connectivity index is 3.65. The lowest BCUT2D eigenvalue weighted by atomic mass is 9.98. The maximum atomic E-state index is 10.8. The van der Waals surface area contributed by atoms with Crippen molar-refractivity contribution < 1.29 is 14.8 Å². The minimum atomic E-state index is -1.27. The van der Waals surface area contributed by atoms with Crippen molar-refractivity contribution in [1.82, 2.24) is 0 Å². The van der Waals surface area contributed by atoms with Crippen LogP contribution in [-0.4, -0.2) is 16.0 Å². The summed E-state index contributed by atoms with van der Waals surface area (Å²) < 4.78 is 0. The molecular weight excluding hydrogens is 198 g/mol. The average molecular weight is 209 g/mol. The van der Waals surface area contributed by atoms with Gasteiger partial charge >= 0.3 is 5.97 Å². The number of aromatic carboxylic acids is 1. The van der Waals surface area contributed by atoms with Gasteiger partial charge in [-0.1, -0.05) is 0 Å². The van der Waals surface area contributed by atoms with E-state index in [2.05, 4.69) is 0 Å². The van der Waals surface area contributed by atoms with E-state index in [0.717, 1.165) is 11.1 Å². The number of aryl methyl sites for hydroxylation is 1. The third kappa shape index (κ3) is 1.81. The van der Waals surface area contributed by atoms with Gasteiger partial charge in [0.2, 0.25) is 0 Å². The highest BCUT2D eigenvalue weighted by Crippen LogP contribution is 2.28. The molecule has 80 valence electrons. The standard InChI is InChI=1S/C10H11NO4/c1-5-4-8(10(12)13)9(11(14)15)7(3)6(5)2/h4H,1-3H3,(H,12,13).